The number of nitrogens with zero attached hydrogens (tertiary/aromatic N) is 2. The number of piperidine rings is 1. The fourth-order valence-corrected chi connectivity index (χ4v) is 3.38. The second kappa shape index (κ2) is 10.1. The van der Waals surface area contributed by atoms with Crippen molar-refractivity contribution >= 4 is 11.7 Å². The van der Waals surface area contributed by atoms with Gasteiger partial charge in [-0.25, -0.2) is 8.78 Å². The summed E-state index contributed by atoms with van der Waals surface area (Å²) >= 11 is 0. The number of oxime groups is 1. The molecule has 1 atom stereocenters. The van der Waals surface area contributed by atoms with Gasteiger partial charge in [-0.1, -0.05) is 29.4 Å². The van der Waals surface area contributed by atoms with Gasteiger partial charge in [-0.2, -0.15) is 0 Å². The van der Waals surface area contributed by atoms with E-state index in [1.54, 1.807) is 24.3 Å². The van der Waals surface area contributed by atoms with Gasteiger partial charge in [0, 0.05) is 19.5 Å². The Balaban J connectivity index is 1.62. The Morgan fingerprint density at radius 1 is 1.10 bits per heavy atom. The molecule has 0 radical (unpaired) electrons. The molecule has 1 fully saturated rings. The third-order valence-corrected chi connectivity index (χ3v) is 4.99. The van der Waals surface area contributed by atoms with E-state index in [2.05, 4.69) is 10.1 Å². The topological polar surface area (TPSA) is 62.1 Å². The number of hydrogen-bond donors (Lipinski definition) is 1. The van der Waals surface area contributed by atoms with Crippen LogP contribution in [0.1, 0.15) is 24.0 Å². The molecule has 0 bridgehead atoms. The van der Waals surface area contributed by atoms with E-state index in [1.165, 1.54) is 24.3 Å². The lowest BCUT2D eigenvalue weighted by atomic mass is 9.98. The van der Waals surface area contributed by atoms with E-state index in [0.29, 0.717) is 38.2 Å². The third kappa shape index (κ3) is 6.35. The number of carboxylic acids is 1. The Labute approximate surface area is 168 Å². The van der Waals surface area contributed by atoms with Crippen molar-refractivity contribution in [3.8, 4) is 0 Å². The first-order chi connectivity index (χ1) is 14.0. The van der Waals surface area contributed by atoms with Crippen LogP contribution in [0.25, 0.3) is 0 Å². The minimum absolute atomic E-state index is 0.313. The summed E-state index contributed by atoms with van der Waals surface area (Å²) in [5.74, 6) is -1.74. The van der Waals surface area contributed by atoms with Crippen LogP contribution in [0, 0.1) is 17.6 Å². The van der Waals surface area contributed by atoms with Gasteiger partial charge in [0.05, 0.1) is 11.6 Å². The Morgan fingerprint density at radius 2 is 1.76 bits per heavy atom. The summed E-state index contributed by atoms with van der Waals surface area (Å²) in [6, 6.07) is 12.1. The van der Waals surface area contributed by atoms with E-state index >= 15 is 0 Å². The predicted octanol–water partition coefficient (Wildman–Crippen LogP) is 3.72. The summed E-state index contributed by atoms with van der Waals surface area (Å²) in [6.45, 7) is 2.26. The van der Waals surface area contributed by atoms with E-state index in [0.717, 1.165) is 24.1 Å². The second-order valence-electron chi connectivity index (χ2n) is 7.16. The maximum atomic E-state index is 13.3. The fraction of sp³-hybridized carbons (Fsp3) is 0.364. The highest BCUT2D eigenvalue weighted by Crippen LogP contribution is 2.16. The summed E-state index contributed by atoms with van der Waals surface area (Å²) in [7, 11) is 0. The molecule has 29 heavy (non-hydrogen) atoms. The van der Waals surface area contributed by atoms with Crippen molar-refractivity contribution in [2.75, 3.05) is 26.2 Å². The van der Waals surface area contributed by atoms with Gasteiger partial charge >= 0.3 is 5.97 Å². The Morgan fingerprint density at radius 3 is 2.41 bits per heavy atom. The van der Waals surface area contributed by atoms with Crippen LogP contribution in [0.4, 0.5) is 8.78 Å². The number of benzene rings is 2. The van der Waals surface area contributed by atoms with Gasteiger partial charge < -0.3 is 9.94 Å². The molecule has 1 heterocycles. The zero-order valence-electron chi connectivity index (χ0n) is 16.1. The first-order valence-corrected chi connectivity index (χ1v) is 9.65. The van der Waals surface area contributed by atoms with Crippen molar-refractivity contribution in [2.24, 2.45) is 11.1 Å². The molecule has 1 N–H and O–H groups in total. The van der Waals surface area contributed by atoms with Crippen molar-refractivity contribution in [2.45, 2.75) is 19.3 Å². The molecule has 3 rings (SSSR count). The normalized spacial score (nSPS) is 17.9. The molecule has 154 valence electrons. The highest BCUT2D eigenvalue weighted by atomic mass is 19.1. The number of likely N-dealkylation sites (tertiary alicyclic amines) is 1. The number of rotatable bonds is 8. The average Bonchev–Trinajstić information content (AvgIpc) is 2.72. The van der Waals surface area contributed by atoms with Gasteiger partial charge in [-0.05, 0) is 54.8 Å². The maximum absolute atomic E-state index is 13.3. The monoisotopic (exact) mass is 402 g/mol. The molecule has 0 saturated carbocycles. The van der Waals surface area contributed by atoms with E-state index in [4.69, 9.17) is 4.84 Å². The van der Waals surface area contributed by atoms with E-state index in [9.17, 15) is 18.7 Å². The standard InChI is InChI=1S/C22H24F2N2O3/c23-19-7-3-16(4-8-19)14-21(17-5-9-20(24)10-6-17)25-29-13-12-26-11-1-2-18(15-26)22(27)28/h3-10,18H,1-2,11-15H2,(H,27,28)/b25-21-/t18-/m1/s1. The molecule has 2 aromatic rings. The molecule has 1 saturated heterocycles. The fourth-order valence-electron chi connectivity index (χ4n) is 3.38. The van der Waals surface area contributed by atoms with E-state index < -0.39 is 5.97 Å². The van der Waals surface area contributed by atoms with Crippen LogP contribution in [0.2, 0.25) is 0 Å². The lowest BCUT2D eigenvalue weighted by molar-refractivity contribution is -0.143. The zero-order chi connectivity index (χ0) is 20.6. The molecule has 0 amide bonds. The Kier molecular flexibility index (Phi) is 7.30. The summed E-state index contributed by atoms with van der Waals surface area (Å²) < 4.78 is 26.4. The molecule has 1 aliphatic rings. The Bertz CT molecular complexity index is 838. The van der Waals surface area contributed by atoms with Crippen molar-refractivity contribution in [1.29, 1.82) is 0 Å². The average molecular weight is 402 g/mol. The molecular weight excluding hydrogens is 378 g/mol. The van der Waals surface area contributed by atoms with Gasteiger partial charge in [0.25, 0.3) is 0 Å². The molecule has 0 unspecified atom stereocenters. The van der Waals surface area contributed by atoms with E-state index in [-0.39, 0.29) is 17.6 Å². The van der Waals surface area contributed by atoms with Crippen LogP contribution >= 0.6 is 0 Å². The van der Waals surface area contributed by atoms with Gasteiger partial charge in [0.2, 0.25) is 0 Å². The van der Waals surface area contributed by atoms with Crippen molar-refractivity contribution in [3.05, 3.63) is 71.3 Å². The molecule has 1 aliphatic heterocycles. The van der Waals surface area contributed by atoms with Crippen LogP contribution in [-0.2, 0) is 16.1 Å². The lowest BCUT2D eigenvalue weighted by Crippen LogP contribution is -2.40. The smallest absolute Gasteiger partial charge is 0.307 e. The molecule has 5 nitrogen and oxygen atoms in total. The van der Waals surface area contributed by atoms with Crippen LogP contribution in [0.3, 0.4) is 0 Å². The summed E-state index contributed by atoms with van der Waals surface area (Å²) in [5, 5.41) is 13.4. The summed E-state index contributed by atoms with van der Waals surface area (Å²) in [4.78, 5) is 18.7. The number of carbonyl (C=O) groups is 1. The molecule has 0 aromatic heterocycles. The second-order valence-corrected chi connectivity index (χ2v) is 7.16. The minimum atomic E-state index is -0.758. The SMILES string of the molecule is O=C(O)[C@@H]1CCCN(CCO/N=C(/Cc2ccc(F)cc2)c2ccc(F)cc2)C1. The first-order valence-electron chi connectivity index (χ1n) is 9.65. The van der Waals surface area contributed by atoms with Gasteiger partial charge in [0.15, 0.2) is 0 Å². The Hall–Kier alpha value is -2.80. The van der Waals surface area contributed by atoms with E-state index in [1.807, 2.05) is 0 Å². The predicted molar refractivity (Wildman–Crippen MR) is 106 cm³/mol. The summed E-state index contributed by atoms with van der Waals surface area (Å²) in [5.41, 5.74) is 2.19. The summed E-state index contributed by atoms with van der Waals surface area (Å²) in [6.07, 6.45) is 1.97. The number of halogens is 2. The number of aliphatic carboxylic acids is 1. The third-order valence-electron chi connectivity index (χ3n) is 4.99. The molecule has 0 spiro atoms. The molecular formula is C22H24F2N2O3. The van der Waals surface area contributed by atoms with Crippen LogP contribution < -0.4 is 0 Å². The largest absolute Gasteiger partial charge is 0.481 e. The highest BCUT2D eigenvalue weighted by molar-refractivity contribution is 6.01. The highest BCUT2D eigenvalue weighted by Gasteiger charge is 2.24. The number of carboxylic acid groups (broad SMARTS) is 1. The van der Waals surface area contributed by atoms with Crippen molar-refractivity contribution < 1.29 is 23.5 Å². The molecule has 2 aromatic carbocycles. The quantitative estimate of drug-likeness (QED) is 0.415. The van der Waals surface area contributed by atoms with Gasteiger partial charge in [-0.15, -0.1) is 0 Å². The van der Waals surface area contributed by atoms with Gasteiger partial charge in [0.1, 0.15) is 18.2 Å². The van der Waals surface area contributed by atoms with Crippen molar-refractivity contribution in [3.63, 3.8) is 0 Å². The molecule has 0 aliphatic carbocycles. The van der Waals surface area contributed by atoms with Gasteiger partial charge in [-0.3, -0.25) is 9.69 Å². The lowest BCUT2D eigenvalue weighted by Gasteiger charge is -2.29. The van der Waals surface area contributed by atoms with Crippen LogP contribution in [0.5, 0.6) is 0 Å². The first kappa shape index (κ1) is 20.9. The maximum Gasteiger partial charge on any atom is 0.307 e. The minimum Gasteiger partial charge on any atom is -0.481 e. The molecule has 7 heteroatoms. The van der Waals surface area contributed by atoms with Crippen LogP contribution in [0.15, 0.2) is 53.7 Å². The zero-order valence-corrected chi connectivity index (χ0v) is 16.1. The number of hydrogen-bond acceptors (Lipinski definition) is 4. The van der Waals surface area contributed by atoms with Crippen LogP contribution in [-0.4, -0.2) is 47.9 Å². The van der Waals surface area contributed by atoms with Crippen molar-refractivity contribution in [1.82, 2.24) is 4.90 Å².